The largest absolute Gasteiger partial charge is 1.00 e. The molecule has 0 spiro atoms. The summed E-state index contributed by atoms with van der Waals surface area (Å²) in [5.41, 5.74) is 1.09. The third-order valence-electron chi connectivity index (χ3n) is 4.68. The third-order valence-corrected chi connectivity index (χ3v) is 4.68. The van der Waals surface area contributed by atoms with Crippen LogP contribution in [0.4, 0.5) is 0 Å². The van der Waals surface area contributed by atoms with Crippen LogP contribution in [0.25, 0.3) is 0 Å². The Balaban J connectivity index is 0.00000841. The molecular formula is C23H37NaO6. The summed E-state index contributed by atoms with van der Waals surface area (Å²) in [6.07, 6.45) is 10.9. The van der Waals surface area contributed by atoms with Crippen molar-refractivity contribution in [1.82, 2.24) is 0 Å². The first-order valence-electron chi connectivity index (χ1n) is 10.9. The zero-order chi connectivity index (χ0) is 21.2. The van der Waals surface area contributed by atoms with Gasteiger partial charge in [-0.1, -0.05) is 57.9 Å². The van der Waals surface area contributed by atoms with Gasteiger partial charge in [0.15, 0.2) is 0 Å². The Morgan fingerprint density at radius 2 is 1.50 bits per heavy atom. The molecule has 0 unspecified atom stereocenters. The topological polar surface area (TPSA) is 88.1 Å². The number of benzene rings is 1. The predicted octanol–water partition coefficient (Wildman–Crippen LogP) is 0.142. The molecule has 0 aliphatic heterocycles. The van der Waals surface area contributed by atoms with E-state index in [4.69, 9.17) is 19.3 Å². The Morgan fingerprint density at radius 3 is 2.13 bits per heavy atom. The van der Waals surface area contributed by atoms with Gasteiger partial charge in [0.2, 0.25) is 0 Å². The summed E-state index contributed by atoms with van der Waals surface area (Å²) in [5.74, 6) is -0.916. The van der Waals surface area contributed by atoms with Crippen molar-refractivity contribution in [3.63, 3.8) is 0 Å². The van der Waals surface area contributed by atoms with Crippen molar-refractivity contribution in [3.05, 3.63) is 29.3 Å². The third kappa shape index (κ3) is 14.4. The maximum atomic E-state index is 11.5. The van der Waals surface area contributed by atoms with Crippen molar-refractivity contribution < 1.29 is 58.8 Å². The predicted molar refractivity (Wildman–Crippen MR) is 111 cm³/mol. The van der Waals surface area contributed by atoms with E-state index in [2.05, 4.69) is 6.92 Å². The number of unbranched alkanes of at least 4 members (excludes halogenated alkanes) is 7. The van der Waals surface area contributed by atoms with Gasteiger partial charge in [-0.2, -0.15) is 0 Å². The van der Waals surface area contributed by atoms with Gasteiger partial charge in [-0.25, -0.2) is 0 Å². The zero-order valence-electron chi connectivity index (χ0n) is 18.8. The molecule has 1 rings (SSSR count). The molecule has 166 valence electrons. The number of carbonyl (C=O) groups is 1. The van der Waals surface area contributed by atoms with E-state index in [1.807, 2.05) is 6.07 Å². The van der Waals surface area contributed by atoms with Crippen molar-refractivity contribution in [2.75, 3.05) is 39.6 Å². The van der Waals surface area contributed by atoms with Crippen LogP contribution in [0.1, 0.15) is 74.2 Å². The van der Waals surface area contributed by atoms with Gasteiger partial charge in [-0.05, 0) is 30.5 Å². The van der Waals surface area contributed by atoms with Crippen LogP contribution in [0.3, 0.4) is 0 Å². The summed E-state index contributed by atoms with van der Waals surface area (Å²) < 4.78 is 16.0. The summed E-state index contributed by atoms with van der Waals surface area (Å²) in [6, 6.07) is 5.29. The summed E-state index contributed by atoms with van der Waals surface area (Å²) >= 11 is 0. The van der Waals surface area contributed by atoms with Crippen LogP contribution in [0.5, 0.6) is 5.75 Å². The first kappa shape index (κ1) is 29.4. The molecule has 30 heavy (non-hydrogen) atoms. The maximum absolute atomic E-state index is 11.5. The van der Waals surface area contributed by atoms with Crippen molar-refractivity contribution >= 4 is 5.97 Å². The van der Waals surface area contributed by atoms with Crippen LogP contribution in [0.2, 0.25) is 0 Å². The first-order chi connectivity index (χ1) is 14.2. The van der Waals surface area contributed by atoms with Gasteiger partial charge in [-0.3, -0.25) is 0 Å². The van der Waals surface area contributed by atoms with Gasteiger partial charge < -0.3 is 29.2 Å². The Hall–Kier alpha value is -0.630. The van der Waals surface area contributed by atoms with Crippen molar-refractivity contribution in [2.45, 2.75) is 64.7 Å². The fraction of sp³-hybridized carbons (Fsp3) is 0.696. The number of carboxylic acids is 1. The number of carboxylic acid groups (broad SMARTS) is 1. The number of hydrogen-bond donors (Lipinski definition) is 1. The zero-order valence-corrected chi connectivity index (χ0v) is 20.8. The molecule has 0 aliphatic rings. The van der Waals surface area contributed by atoms with E-state index in [-0.39, 0.29) is 48.3 Å². The summed E-state index contributed by atoms with van der Waals surface area (Å²) in [5, 5.41) is 20.0. The average Bonchev–Trinajstić information content (AvgIpc) is 2.72. The van der Waals surface area contributed by atoms with Crippen LogP contribution in [-0.2, 0) is 15.9 Å². The Kier molecular flexibility index (Phi) is 19.9. The van der Waals surface area contributed by atoms with E-state index in [0.29, 0.717) is 32.2 Å². The van der Waals surface area contributed by atoms with Crippen LogP contribution in [-0.4, -0.2) is 50.7 Å². The van der Waals surface area contributed by atoms with E-state index >= 15 is 0 Å². The molecule has 1 N–H and O–H groups in total. The normalized spacial score (nSPS) is 10.6. The number of hydrogen-bond acceptors (Lipinski definition) is 6. The second kappa shape index (κ2) is 20.3. The van der Waals surface area contributed by atoms with Crippen LogP contribution >= 0.6 is 0 Å². The minimum absolute atomic E-state index is 0. The Morgan fingerprint density at radius 1 is 0.900 bits per heavy atom. The average molecular weight is 433 g/mol. The monoisotopic (exact) mass is 432 g/mol. The molecule has 1 aromatic carbocycles. The second-order valence-electron chi connectivity index (χ2n) is 7.14. The number of aliphatic hydroxyl groups is 1. The standard InChI is InChI=1S/C23H38O6.Na/c1-2-3-4-5-6-7-8-9-10-20-11-12-22(21(19-20)23(25)26)29-18-17-28-16-15-27-14-13-24;/h11-12,19,24H,2-10,13-18H2,1H3,(H,25,26);/q;+1/p-1. The number of ether oxygens (including phenoxy) is 3. The molecule has 0 atom stereocenters. The number of aliphatic hydroxyl groups excluding tert-OH is 1. The fourth-order valence-electron chi connectivity index (χ4n) is 3.08. The molecular weight excluding hydrogens is 395 g/mol. The van der Waals surface area contributed by atoms with E-state index in [1.165, 1.54) is 44.9 Å². The number of carbonyl (C=O) groups excluding carboxylic acids is 1. The fourth-order valence-corrected chi connectivity index (χ4v) is 3.08. The summed E-state index contributed by atoms with van der Waals surface area (Å²) in [6.45, 7) is 3.88. The van der Waals surface area contributed by atoms with E-state index in [1.54, 1.807) is 12.1 Å². The first-order valence-corrected chi connectivity index (χ1v) is 10.9. The molecule has 0 heterocycles. The molecule has 0 aromatic heterocycles. The van der Waals surface area contributed by atoms with Gasteiger partial charge in [0.25, 0.3) is 0 Å². The second-order valence-corrected chi connectivity index (χ2v) is 7.14. The SMILES string of the molecule is CCCCCCCCCCc1ccc(OCCOCCOCCO)c(C(=O)[O-])c1.[Na+]. The molecule has 0 radical (unpaired) electrons. The molecule has 7 heteroatoms. The smallest absolute Gasteiger partial charge is 0.545 e. The molecule has 1 aromatic rings. The van der Waals surface area contributed by atoms with Gasteiger partial charge >= 0.3 is 29.6 Å². The Labute approximate surface area is 203 Å². The van der Waals surface area contributed by atoms with E-state index in [0.717, 1.165) is 18.4 Å². The van der Waals surface area contributed by atoms with Gasteiger partial charge in [0.05, 0.1) is 39.0 Å². The molecule has 6 nitrogen and oxygen atoms in total. The summed E-state index contributed by atoms with van der Waals surface area (Å²) in [7, 11) is 0. The maximum Gasteiger partial charge on any atom is 1.00 e. The molecule has 0 saturated carbocycles. The number of aryl methyl sites for hydroxylation is 1. The summed E-state index contributed by atoms with van der Waals surface area (Å²) in [4.78, 5) is 11.5. The van der Waals surface area contributed by atoms with E-state index in [9.17, 15) is 9.90 Å². The van der Waals surface area contributed by atoms with Crippen LogP contribution < -0.4 is 39.4 Å². The number of aromatic carboxylic acids is 1. The Bertz CT molecular complexity index is 552. The van der Waals surface area contributed by atoms with E-state index < -0.39 is 5.97 Å². The van der Waals surface area contributed by atoms with Gasteiger partial charge in [0.1, 0.15) is 12.4 Å². The minimum atomic E-state index is -1.23. The molecule has 0 aliphatic carbocycles. The minimum Gasteiger partial charge on any atom is -0.545 e. The van der Waals surface area contributed by atoms with Crippen LogP contribution in [0.15, 0.2) is 18.2 Å². The molecule has 0 saturated heterocycles. The molecule has 0 bridgehead atoms. The molecule has 0 amide bonds. The van der Waals surface area contributed by atoms with Crippen molar-refractivity contribution in [3.8, 4) is 5.75 Å². The molecule has 0 fully saturated rings. The quantitative estimate of drug-likeness (QED) is 0.247. The van der Waals surface area contributed by atoms with Crippen molar-refractivity contribution in [1.29, 1.82) is 0 Å². The number of rotatable bonds is 19. The van der Waals surface area contributed by atoms with Crippen LogP contribution in [0, 0.1) is 0 Å². The van der Waals surface area contributed by atoms with Gasteiger partial charge in [-0.15, -0.1) is 0 Å². The van der Waals surface area contributed by atoms with Gasteiger partial charge in [0, 0.05) is 5.56 Å². The van der Waals surface area contributed by atoms with Crippen molar-refractivity contribution in [2.24, 2.45) is 0 Å².